The zero-order chi connectivity index (χ0) is 16.3. The lowest BCUT2D eigenvalue weighted by atomic mass is 9.91. The molecule has 1 amide bonds. The number of piperidine rings is 1. The number of rotatable bonds is 4. The third kappa shape index (κ3) is 3.39. The third-order valence-electron chi connectivity index (χ3n) is 4.12. The van der Waals surface area contributed by atoms with Crippen molar-refractivity contribution in [3.63, 3.8) is 0 Å². The van der Waals surface area contributed by atoms with Gasteiger partial charge in [0, 0.05) is 31.5 Å². The van der Waals surface area contributed by atoms with E-state index < -0.39 is 11.6 Å². The molecule has 120 valence electrons. The summed E-state index contributed by atoms with van der Waals surface area (Å²) in [4.78, 5) is 25.0. The standard InChI is InChI=1S/C16H21NO5/c1-11-3-4-13(22-2)12(9-11)10-14(18)17-7-5-16(21,6-8-17)15(19)20/h3-4,9,21H,5-8,10H2,1-2H3,(H,19,20). The van der Waals surface area contributed by atoms with E-state index in [4.69, 9.17) is 9.84 Å². The molecule has 1 aromatic rings. The molecule has 0 unspecified atom stereocenters. The largest absolute Gasteiger partial charge is 0.496 e. The van der Waals surface area contributed by atoms with E-state index in [-0.39, 0.29) is 38.3 Å². The van der Waals surface area contributed by atoms with E-state index in [0.717, 1.165) is 11.1 Å². The monoisotopic (exact) mass is 307 g/mol. The van der Waals surface area contributed by atoms with Gasteiger partial charge in [0.2, 0.25) is 5.91 Å². The van der Waals surface area contributed by atoms with Crippen molar-refractivity contribution in [2.45, 2.75) is 31.8 Å². The summed E-state index contributed by atoms with van der Waals surface area (Å²) in [6, 6.07) is 5.66. The van der Waals surface area contributed by atoms with Crippen LogP contribution in [0.2, 0.25) is 0 Å². The van der Waals surface area contributed by atoms with Crippen LogP contribution in [0.3, 0.4) is 0 Å². The van der Waals surface area contributed by atoms with Crippen LogP contribution in [0.5, 0.6) is 5.75 Å². The van der Waals surface area contributed by atoms with Crippen LogP contribution >= 0.6 is 0 Å². The lowest BCUT2D eigenvalue weighted by molar-refractivity contribution is -0.165. The molecule has 0 aromatic heterocycles. The number of amides is 1. The van der Waals surface area contributed by atoms with Gasteiger partial charge in [-0.2, -0.15) is 0 Å². The number of carbonyl (C=O) groups excluding carboxylic acids is 1. The Labute approximate surface area is 129 Å². The number of benzene rings is 1. The number of nitrogens with zero attached hydrogens (tertiary/aromatic N) is 1. The molecule has 6 heteroatoms. The highest BCUT2D eigenvalue weighted by Gasteiger charge is 2.40. The van der Waals surface area contributed by atoms with Crippen LogP contribution in [0, 0.1) is 6.92 Å². The molecule has 22 heavy (non-hydrogen) atoms. The maximum atomic E-state index is 12.4. The van der Waals surface area contributed by atoms with E-state index in [0.29, 0.717) is 5.75 Å². The highest BCUT2D eigenvalue weighted by Crippen LogP contribution is 2.25. The van der Waals surface area contributed by atoms with Crippen LogP contribution in [-0.4, -0.2) is 52.8 Å². The second-order valence-corrected chi connectivity index (χ2v) is 5.71. The maximum absolute atomic E-state index is 12.4. The number of hydrogen-bond acceptors (Lipinski definition) is 4. The third-order valence-corrected chi connectivity index (χ3v) is 4.12. The summed E-state index contributed by atoms with van der Waals surface area (Å²) < 4.78 is 5.26. The Bertz CT molecular complexity index is 576. The highest BCUT2D eigenvalue weighted by atomic mass is 16.5. The molecule has 6 nitrogen and oxygen atoms in total. The van der Waals surface area contributed by atoms with E-state index in [1.807, 2.05) is 25.1 Å². The van der Waals surface area contributed by atoms with E-state index in [9.17, 15) is 14.7 Å². The first-order valence-electron chi connectivity index (χ1n) is 7.23. The molecular formula is C16H21NO5. The van der Waals surface area contributed by atoms with Crippen LogP contribution in [-0.2, 0) is 16.0 Å². The molecule has 1 aromatic carbocycles. The number of carbonyl (C=O) groups is 2. The number of aryl methyl sites for hydroxylation is 1. The van der Waals surface area contributed by atoms with Crippen molar-refractivity contribution in [3.05, 3.63) is 29.3 Å². The Kier molecular flexibility index (Phi) is 4.71. The minimum absolute atomic E-state index is 0.0546. The molecular weight excluding hydrogens is 286 g/mol. The molecule has 1 aliphatic rings. The molecule has 0 radical (unpaired) electrons. The zero-order valence-electron chi connectivity index (χ0n) is 12.8. The number of ether oxygens (including phenoxy) is 1. The smallest absolute Gasteiger partial charge is 0.335 e. The zero-order valence-corrected chi connectivity index (χ0v) is 12.8. The van der Waals surface area contributed by atoms with Gasteiger partial charge in [0.25, 0.3) is 0 Å². The van der Waals surface area contributed by atoms with Crippen LogP contribution < -0.4 is 4.74 Å². The van der Waals surface area contributed by atoms with Gasteiger partial charge in [-0.3, -0.25) is 4.79 Å². The van der Waals surface area contributed by atoms with Gasteiger partial charge in [-0.25, -0.2) is 4.79 Å². The first-order chi connectivity index (χ1) is 10.4. The average molecular weight is 307 g/mol. The summed E-state index contributed by atoms with van der Waals surface area (Å²) in [6.07, 6.45) is 0.314. The number of methoxy groups -OCH3 is 1. The molecule has 2 rings (SSSR count). The molecule has 2 N–H and O–H groups in total. The molecule has 0 saturated carbocycles. The van der Waals surface area contributed by atoms with Crippen LogP contribution in [0.25, 0.3) is 0 Å². The van der Waals surface area contributed by atoms with Crippen LogP contribution in [0.15, 0.2) is 18.2 Å². The lowest BCUT2D eigenvalue weighted by Gasteiger charge is -2.35. The summed E-state index contributed by atoms with van der Waals surface area (Å²) in [5.41, 5.74) is 0.145. The Morgan fingerprint density at radius 2 is 1.95 bits per heavy atom. The minimum atomic E-state index is -1.71. The highest BCUT2D eigenvalue weighted by molar-refractivity contribution is 5.81. The summed E-state index contributed by atoms with van der Waals surface area (Å²) in [7, 11) is 1.56. The number of aliphatic hydroxyl groups is 1. The predicted octanol–water partition coefficient (Wildman–Crippen LogP) is 0.984. The molecule has 0 bridgehead atoms. The van der Waals surface area contributed by atoms with Crippen molar-refractivity contribution in [2.75, 3.05) is 20.2 Å². The van der Waals surface area contributed by atoms with Gasteiger partial charge in [0.1, 0.15) is 5.75 Å². The number of hydrogen-bond donors (Lipinski definition) is 2. The van der Waals surface area contributed by atoms with Crippen molar-refractivity contribution in [3.8, 4) is 5.75 Å². The van der Waals surface area contributed by atoms with E-state index in [2.05, 4.69) is 0 Å². The fourth-order valence-corrected chi connectivity index (χ4v) is 2.66. The Balaban J connectivity index is 2.02. The normalized spacial score (nSPS) is 17.1. The number of aliphatic carboxylic acids is 1. The number of carboxylic acid groups (broad SMARTS) is 1. The van der Waals surface area contributed by atoms with Gasteiger partial charge in [-0.1, -0.05) is 17.7 Å². The fraction of sp³-hybridized carbons (Fsp3) is 0.500. The summed E-state index contributed by atoms with van der Waals surface area (Å²) in [5, 5.41) is 18.9. The van der Waals surface area contributed by atoms with Gasteiger partial charge >= 0.3 is 5.97 Å². The topological polar surface area (TPSA) is 87.1 Å². The second kappa shape index (κ2) is 6.36. The molecule has 0 aliphatic carbocycles. The minimum Gasteiger partial charge on any atom is -0.496 e. The maximum Gasteiger partial charge on any atom is 0.335 e. The Morgan fingerprint density at radius 1 is 1.32 bits per heavy atom. The van der Waals surface area contributed by atoms with Gasteiger partial charge in [-0.05, 0) is 13.0 Å². The van der Waals surface area contributed by atoms with Crippen molar-refractivity contribution in [1.29, 1.82) is 0 Å². The van der Waals surface area contributed by atoms with E-state index in [1.54, 1.807) is 12.0 Å². The molecule has 1 aliphatic heterocycles. The van der Waals surface area contributed by atoms with Crippen molar-refractivity contribution in [1.82, 2.24) is 4.90 Å². The summed E-state index contributed by atoms with van der Waals surface area (Å²) in [5.74, 6) is -0.644. The lowest BCUT2D eigenvalue weighted by Crippen LogP contribution is -2.51. The molecule has 1 saturated heterocycles. The van der Waals surface area contributed by atoms with Crippen molar-refractivity contribution >= 4 is 11.9 Å². The van der Waals surface area contributed by atoms with Crippen LogP contribution in [0.4, 0.5) is 0 Å². The second-order valence-electron chi connectivity index (χ2n) is 5.71. The van der Waals surface area contributed by atoms with Crippen molar-refractivity contribution < 1.29 is 24.5 Å². The van der Waals surface area contributed by atoms with Gasteiger partial charge in [-0.15, -0.1) is 0 Å². The quantitative estimate of drug-likeness (QED) is 0.866. The molecule has 1 fully saturated rings. The fourth-order valence-electron chi connectivity index (χ4n) is 2.66. The first-order valence-corrected chi connectivity index (χ1v) is 7.23. The van der Waals surface area contributed by atoms with Crippen molar-refractivity contribution in [2.24, 2.45) is 0 Å². The Morgan fingerprint density at radius 3 is 2.50 bits per heavy atom. The molecule has 0 spiro atoms. The summed E-state index contributed by atoms with van der Waals surface area (Å²) in [6.45, 7) is 2.44. The molecule has 1 heterocycles. The number of carboxylic acids is 1. The summed E-state index contributed by atoms with van der Waals surface area (Å²) >= 11 is 0. The predicted molar refractivity (Wildman–Crippen MR) is 79.8 cm³/mol. The first kappa shape index (κ1) is 16.3. The Hall–Kier alpha value is -2.08. The van der Waals surface area contributed by atoms with Gasteiger partial charge in [0.15, 0.2) is 5.60 Å². The average Bonchev–Trinajstić information content (AvgIpc) is 2.48. The van der Waals surface area contributed by atoms with Crippen LogP contribution in [0.1, 0.15) is 24.0 Å². The van der Waals surface area contributed by atoms with Gasteiger partial charge in [0.05, 0.1) is 13.5 Å². The number of likely N-dealkylation sites (tertiary alicyclic amines) is 1. The van der Waals surface area contributed by atoms with E-state index in [1.165, 1.54) is 0 Å². The SMILES string of the molecule is COc1ccc(C)cc1CC(=O)N1CCC(O)(C(=O)O)CC1. The van der Waals surface area contributed by atoms with Gasteiger partial charge < -0.3 is 19.8 Å². The van der Waals surface area contributed by atoms with E-state index >= 15 is 0 Å². The molecule has 0 atom stereocenters.